The highest BCUT2D eigenvalue weighted by Crippen LogP contribution is 2.40. The maximum absolute atomic E-state index is 13.7. The van der Waals surface area contributed by atoms with Crippen molar-refractivity contribution in [1.29, 1.82) is 0 Å². The Kier molecular flexibility index (Phi) is 5.52. The topological polar surface area (TPSA) is 61.9 Å². The normalized spacial score (nSPS) is 31.6. The number of amides is 2. The predicted molar refractivity (Wildman–Crippen MR) is 107 cm³/mol. The van der Waals surface area contributed by atoms with Crippen LogP contribution in [0.2, 0.25) is 0 Å². The second-order valence-corrected chi connectivity index (χ2v) is 8.34. The number of benzene rings is 1. The molecule has 0 aromatic heterocycles. The summed E-state index contributed by atoms with van der Waals surface area (Å²) in [6.07, 6.45) is 3.62. The van der Waals surface area contributed by atoms with Gasteiger partial charge >= 0.3 is 0 Å². The maximum atomic E-state index is 13.7. The Morgan fingerprint density at radius 2 is 2.00 bits per heavy atom. The second kappa shape index (κ2) is 7.91. The van der Waals surface area contributed by atoms with Gasteiger partial charge in [0, 0.05) is 37.0 Å². The Morgan fingerprint density at radius 3 is 2.89 bits per heavy atom. The molecule has 0 spiro atoms. The summed E-state index contributed by atoms with van der Waals surface area (Å²) in [5, 5.41) is 3.52. The summed E-state index contributed by atoms with van der Waals surface area (Å²) < 4.78 is 5.84. The van der Waals surface area contributed by atoms with Crippen LogP contribution in [0.25, 0.3) is 0 Å². The van der Waals surface area contributed by atoms with Gasteiger partial charge in [0.1, 0.15) is 18.4 Å². The third kappa shape index (κ3) is 3.26. The lowest BCUT2D eigenvalue weighted by molar-refractivity contribution is -0.162. The molecule has 3 fully saturated rings. The van der Waals surface area contributed by atoms with Gasteiger partial charge in [-0.15, -0.1) is 12.4 Å². The first-order valence-corrected chi connectivity index (χ1v) is 10.2. The van der Waals surface area contributed by atoms with Crippen molar-refractivity contribution in [3.05, 3.63) is 29.8 Å². The number of fused-ring (bicyclic) bond motifs is 5. The zero-order valence-electron chi connectivity index (χ0n) is 16.0. The maximum Gasteiger partial charge on any atom is 0.246 e. The van der Waals surface area contributed by atoms with Gasteiger partial charge in [0.25, 0.3) is 0 Å². The number of ether oxygens (including phenoxy) is 1. The SMILES string of the molecule is Cl.O=C([C@H]1[C@@H]2CNC[C@@H](C2)[C@@H]2CCCC(=O)N21)N1CCOc2ccccc2C1. The third-order valence-corrected chi connectivity index (χ3v) is 6.76. The van der Waals surface area contributed by atoms with Crippen LogP contribution in [0.3, 0.4) is 0 Å². The van der Waals surface area contributed by atoms with E-state index in [1.807, 2.05) is 34.1 Å². The first-order chi connectivity index (χ1) is 13.2. The first-order valence-electron chi connectivity index (χ1n) is 10.2. The van der Waals surface area contributed by atoms with Crippen molar-refractivity contribution < 1.29 is 14.3 Å². The Morgan fingerprint density at radius 1 is 1.18 bits per heavy atom. The molecule has 1 aromatic carbocycles. The largest absolute Gasteiger partial charge is 0.491 e. The first kappa shape index (κ1) is 19.5. The van der Waals surface area contributed by atoms with E-state index in [-0.39, 0.29) is 42.2 Å². The molecule has 3 saturated heterocycles. The molecule has 7 heteroatoms. The van der Waals surface area contributed by atoms with Gasteiger partial charge in [-0.3, -0.25) is 9.59 Å². The molecule has 1 aromatic rings. The standard InChI is InChI=1S/C21H27N3O3.ClH/c25-19-7-3-5-17-15-10-16(12-22-11-15)20(24(17)19)21(26)23-8-9-27-18-6-2-1-4-14(18)13-23;/h1-2,4,6,15-17,20,22H,3,5,7-13H2;1H/t15-,16+,17+,20-;/m1./s1. The molecule has 28 heavy (non-hydrogen) atoms. The van der Waals surface area contributed by atoms with Gasteiger partial charge in [0.2, 0.25) is 11.8 Å². The number of piperidine rings is 3. The Balaban J connectivity index is 0.00000192. The molecular formula is C21H28ClN3O3. The van der Waals surface area contributed by atoms with Gasteiger partial charge in [0.15, 0.2) is 0 Å². The number of rotatable bonds is 1. The zero-order chi connectivity index (χ0) is 18.4. The summed E-state index contributed by atoms with van der Waals surface area (Å²) in [5.41, 5.74) is 1.04. The molecule has 2 amide bonds. The molecule has 1 N–H and O–H groups in total. The van der Waals surface area contributed by atoms with Crippen LogP contribution >= 0.6 is 12.4 Å². The van der Waals surface area contributed by atoms with Crippen molar-refractivity contribution in [3.8, 4) is 5.75 Å². The molecule has 4 aliphatic rings. The molecule has 0 saturated carbocycles. The smallest absolute Gasteiger partial charge is 0.246 e. The lowest BCUT2D eigenvalue weighted by Crippen LogP contribution is -2.68. The molecule has 2 bridgehead atoms. The highest BCUT2D eigenvalue weighted by molar-refractivity contribution is 5.89. The van der Waals surface area contributed by atoms with Gasteiger partial charge < -0.3 is 19.9 Å². The fourth-order valence-electron chi connectivity index (χ4n) is 5.53. The van der Waals surface area contributed by atoms with Crippen LogP contribution in [0, 0.1) is 11.8 Å². The molecular weight excluding hydrogens is 378 g/mol. The van der Waals surface area contributed by atoms with E-state index in [1.165, 1.54) is 0 Å². The van der Waals surface area contributed by atoms with E-state index in [0.29, 0.717) is 32.0 Å². The molecule has 0 radical (unpaired) electrons. The lowest BCUT2D eigenvalue weighted by atomic mass is 9.72. The highest BCUT2D eigenvalue weighted by atomic mass is 35.5. The van der Waals surface area contributed by atoms with Crippen LogP contribution in [0.1, 0.15) is 31.2 Å². The minimum Gasteiger partial charge on any atom is -0.491 e. The number of hydrogen-bond donors (Lipinski definition) is 1. The number of carbonyl (C=O) groups is 2. The third-order valence-electron chi connectivity index (χ3n) is 6.76. The number of nitrogens with zero attached hydrogens (tertiary/aromatic N) is 2. The van der Waals surface area contributed by atoms with Crippen LogP contribution < -0.4 is 10.1 Å². The minimum absolute atomic E-state index is 0. The van der Waals surface area contributed by atoms with Crippen LogP contribution in [0.15, 0.2) is 24.3 Å². The summed E-state index contributed by atoms with van der Waals surface area (Å²) in [6, 6.07) is 7.83. The van der Waals surface area contributed by atoms with E-state index in [4.69, 9.17) is 4.74 Å². The second-order valence-electron chi connectivity index (χ2n) is 8.34. The summed E-state index contributed by atoms with van der Waals surface area (Å²) in [6.45, 7) is 3.42. The molecule has 4 aliphatic heterocycles. The van der Waals surface area contributed by atoms with Gasteiger partial charge in [0.05, 0.1) is 6.54 Å². The molecule has 0 unspecified atom stereocenters. The van der Waals surface area contributed by atoms with Crippen LogP contribution in [0.5, 0.6) is 5.75 Å². The number of halogens is 1. The number of hydrogen-bond acceptors (Lipinski definition) is 4. The summed E-state index contributed by atoms with van der Waals surface area (Å²) >= 11 is 0. The molecule has 152 valence electrons. The summed E-state index contributed by atoms with van der Waals surface area (Å²) in [5.74, 6) is 1.84. The van der Waals surface area contributed by atoms with Gasteiger partial charge in [-0.2, -0.15) is 0 Å². The van der Waals surface area contributed by atoms with Crippen LogP contribution in [0.4, 0.5) is 0 Å². The number of para-hydroxylation sites is 1. The van der Waals surface area contributed by atoms with E-state index in [0.717, 1.165) is 43.7 Å². The van der Waals surface area contributed by atoms with E-state index in [1.54, 1.807) is 0 Å². The lowest BCUT2D eigenvalue weighted by Gasteiger charge is -2.54. The number of carbonyl (C=O) groups excluding carboxylic acids is 2. The fourth-order valence-corrected chi connectivity index (χ4v) is 5.53. The van der Waals surface area contributed by atoms with E-state index < -0.39 is 0 Å². The number of nitrogens with one attached hydrogen (secondary N) is 1. The van der Waals surface area contributed by atoms with Crippen molar-refractivity contribution >= 4 is 24.2 Å². The van der Waals surface area contributed by atoms with Crippen molar-refractivity contribution in [1.82, 2.24) is 15.1 Å². The van der Waals surface area contributed by atoms with Crippen molar-refractivity contribution in [3.63, 3.8) is 0 Å². The Hall–Kier alpha value is -1.79. The van der Waals surface area contributed by atoms with E-state index >= 15 is 0 Å². The highest BCUT2D eigenvalue weighted by Gasteiger charge is 2.51. The fraction of sp³-hybridized carbons (Fsp3) is 0.619. The molecule has 4 heterocycles. The molecule has 5 rings (SSSR count). The minimum atomic E-state index is -0.322. The van der Waals surface area contributed by atoms with E-state index in [2.05, 4.69) is 5.32 Å². The zero-order valence-corrected chi connectivity index (χ0v) is 16.8. The average molecular weight is 406 g/mol. The van der Waals surface area contributed by atoms with E-state index in [9.17, 15) is 9.59 Å². The van der Waals surface area contributed by atoms with Crippen molar-refractivity contribution in [2.75, 3.05) is 26.2 Å². The van der Waals surface area contributed by atoms with Crippen molar-refractivity contribution in [2.45, 2.75) is 44.3 Å². The van der Waals surface area contributed by atoms with Gasteiger partial charge in [-0.05, 0) is 37.8 Å². The molecule has 4 atom stereocenters. The van der Waals surface area contributed by atoms with Crippen molar-refractivity contribution in [2.24, 2.45) is 11.8 Å². The Labute approximate surface area is 172 Å². The average Bonchev–Trinajstić information content (AvgIpc) is 2.91. The molecule has 0 aliphatic carbocycles. The molecule has 6 nitrogen and oxygen atoms in total. The van der Waals surface area contributed by atoms with Crippen LogP contribution in [-0.4, -0.2) is 59.9 Å². The predicted octanol–water partition coefficient (Wildman–Crippen LogP) is 1.82. The monoisotopic (exact) mass is 405 g/mol. The van der Waals surface area contributed by atoms with Crippen LogP contribution in [-0.2, 0) is 16.1 Å². The van der Waals surface area contributed by atoms with Gasteiger partial charge in [-0.1, -0.05) is 18.2 Å². The van der Waals surface area contributed by atoms with Gasteiger partial charge in [-0.25, -0.2) is 0 Å². The Bertz CT molecular complexity index is 758. The summed E-state index contributed by atoms with van der Waals surface area (Å²) in [7, 11) is 0. The summed E-state index contributed by atoms with van der Waals surface area (Å²) in [4.78, 5) is 30.4. The quantitative estimate of drug-likeness (QED) is 0.774.